The van der Waals surface area contributed by atoms with Crippen molar-refractivity contribution in [2.24, 2.45) is 5.92 Å². The van der Waals surface area contributed by atoms with Gasteiger partial charge in [0.25, 0.3) is 0 Å². The predicted octanol–water partition coefficient (Wildman–Crippen LogP) is 2.56. The van der Waals surface area contributed by atoms with E-state index in [1.54, 1.807) is 14.2 Å². The van der Waals surface area contributed by atoms with E-state index in [1.165, 1.54) is 0 Å². The predicted molar refractivity (Wildman–Crippen MR) is 90.0 cm³/mol. The molecule has 0 bridgehead atoms. The van der Waals surface area contributed by atoms with E-state index in [4.69, 9.17) is 14.2 Å². The topological polar surface area (TPSA) is 68.8 Å². The fourth-order valence-electron chi connectivity index (χ4n) is 1.97. The van der Waals surface area contributed by atoms with E-state index < -0.39 is 0 Å². The third kappa shape index (κ3) is 7.23. The monoisotopic (exact) mass is 324 g/mol. The Kier molecular flexibility index (Phi) is 8.26. The van der Waals surface area contributed by atoms with Crippen molar-refractivity contribution in [3.63, 3.8) is 0 Å². The first-order chi connectivity index (χ1) is 11.0. The Morgan fingerprint density at radius 3 is 2.39 bits per heavy atom. The minimum atomic E-state index is -0.222. The van der Waals surface area contributed by atoms with Gasteiger partial charge >= 0.3 is 6.03 Å². The van der Waals surface area contributed by atoms with Crippen LogP contribution in [0.1, 0.15) is 26.3 Å². The van der Waals surface area contributed by atoms with Crippen LogP contribution in [0.2, 0.25) is 0 Å². The highest BCUT2D eigenvalue weighted by molar-refractivity contribution is 5.74. The first-order valence-corrected chi connectivity index (χ1v) is 7.79. The van der Waals surface area contributed by atoms with Gasteiger partial charge in [0.1, 0.15) is 0 Å². The van der Waals surface area contributed by atoms with Gasteiger partial charge in [-0.15, -0.1) is 0 Å². The van der Waals surface area contributed by atoms with E-state index >= 15 is 0 Å². The molecule has 23 heavy (non-hydrogen) atoms. The molecule has 0 aliphatic carbocycles. The van der Waals surface area contributed by atoms with Crippen LogP contribution in [0, 0.1) is 5.92 Å². The molecule has 1 aromatic rings. The lowest BCUT2D eigenvalue weighted by atomic mass is 10.2. The Bertz CT molecular complexity index is 491. The lowest BCUT2D eigenvalue weighted by Gasteiger charge is -2.16. The maximum atomic E-state index is 11.9. The highest BCUT2D eigenvalue weighted by atomic mass is 16.5. The molecule has 0 aromatic heterocycles. The second-order valence-corrected chi connectivity index (χ2v) is 5.85. The van der Waals surface area contributed by atoms with Gasteiger partial charge in [0.15, 0.2) is 11.5 Å². The number of amides is 2. The average molecular weight is 324 g/mol. The van der Waals surface area contributed by atoms with Crippen molar-refractivity contribution in [1.29, 1.82) is 0 Å². The summed E-state index contributed by atoms with van der Waals surface area (Å²) in [6, 6.07) is 5.28. The molecule has 2 amide bonds. The van der Waals surface area contributed by atoms with Crippen LogP contribution in [-0.4, -0.2) is 39.5 Å². The van der Waals surface area contributed by atoms with Crippen LogP contribution in [0.25, 0.3) is 0 Å². The van der Waals surface area contributed by atoms with E-state index in [0.717, 1.165) is 5.56 Å². The molecule has 0 saturated carbocycles. The summed E-state index contributed by atoms with van der Waals surface area (Å²) in [5.74, 6) is 1.79. The van der Waals surface area contributed by atoms with E-state index in [0.29, 0.717) is 37.2 Å². The number of benzene rings is 1. The van der Waals surface area contributed by atoms with E-state index in [2.05, 4.69) is 24.5 Å². The Balaban J connectivity index is 2.38. The molecule has 1 atom stereocenters. The average Bonchev–Trinajstić information content (AvgIpc) is 2.52. The van der Waals surface area contributed by atoms with Gasteiger partial charge in [-0.1, -0.05) is 19.9 Å². The van der Waals surface area contributed by atoms with Crippen molar-refractivity contribution in [3.05, 3.63) is 23.8 Å². The van der Waals surface area contributed by atoms with Gasteiger partial charge in [-0.05, 0) is 30.5 Å². The SMILES string of the molecule is COc1ccc(CNC(=O)NC(C)COCC(C)C)cc1OC. The molecule has 6 heteroatoms. The van der Waals surface area contributed by atoms with Crippen LogP contribution >= 0.6 is 0 Å². The second-order valence-electron chi connectivity index (χ2n) is 5.85. The Labute approximate surface area is 138 Å². The van der Waals surface area contributed by atoms with Crippen molar-refractivity contribution >= 4 is 6.03 Å². The Hall–Kier alpha value is -1.95. The minimum Gasteiger partial charge on any atom is -0.493 e. The molecule has 0 fully saturated rings. The first-order valence-electron chi connectivity index (χ1n) is 7.79. The molecule has 1 unspecified atom stereocenters. The fourth-order valence-corrected chi connectivity index (χ4v) is 1.97. The van der Waals surface area contributed by atoms with Gasteiger partial charge in [0, 0.05) is 13.2 Å². The number of carbonyl (C=O) groups is 1. The minimum absolute atomic E-state index is 0.0425. The normalized spacial score (nSPS) is 11.9. The smallest absolute Gasteiger partial charge is 0.315 e. The molecule has 2 N–H and O–H groups in total. The molecule has 0 heterocycles. The van der Waals surface area contributed by atoms with Crippen LogP contribution in [-0.2, 0) is 11.3 Å². The number of carbonyl (C=O) groups excluding carboxylic acids is 1. The van der Waals surface area contributed by atoms with Gasteiger partial charge in [-0.25, -0.2) is 4.79 Å². The number of ether oxygens (including phenoxy) is 3. The molecular formula is C17H28N2O4. The zero-order valence-corrected chi connectivity index (χ0v) is 14.6. The van der Waals surface area contributed by atoms with Crippen molar-refractivity contribution in [2.45, 2.75) is 33.4 Å². The summed E-state index contributed by atoms with van der Waals surface area (Å²) >= 11 is 0. The maximum absolute atomic E-state index is 11.9. The van der Waals surface area contributed by atoms with E-state index in [1.807, 2.05) is 25.1 Å². The highest BCUT2D eigenvalue weighted by Crippen LogP contribution is 2.27. The zero-order chi connectivity index (χ0) is 17.2. The lowest BCUT2D eigenvalue weighted by molar-refractivity contribution is 0.0954. The molecule has 0 aliphatic heterocycles. The number of hydrogen-bond acceptors (Lipinski definition) is 4. The van der Waals surface area contributed by atoms with E-state index in [9.17, 15) is 4.79 Å². The molecule has 130 valence electrons. The number of rotatable bonds is 9. The lowest BCUT2D eigenvalue weighted by Crippen LogP contribution is -2.42. The van der Waals surface area contributed by atoms with Gasteiger partial charge in [0.05, 0.1) is 26.9 Å². The highest BCUT2D eigenvalue weighted by Gasteiger charge is 2.09. The van der Waals surface area contributed by atoms with Crippen LogP contribution in [0.4, 0.5) is 4.79 Å². The number of methoxy groups -OCH3 is 2. The third-order valence-corrected chi connectivity index (χ3v) is 3.10. The molecule has 0 saturated heterocycles. The summed E-state index contributed by atoms with van der Waals surface area (Å²) in [5, 5.41) is 5.66. The van der Waals surface area contributed by atoms with Crippen LogP contribution in [0.3, 0.4) is 0 Å². The van der Waals surface area contributed by atoms with Gasteiger partial charge < -0.3 is 24.8 Å². The standard InChI is InChI=1S/C17H28N2O4/c1-12(2)10-23-11-13(3)19-17(20)18-9-14-6-7-15(21-4)16(8-14)22-5/h6-8,12-13H,9-11H2,1-5H3,(H2,18,19,20). The maximum Gasteiger partial charge on any atom is 0.315 e. The van der Waals surface area contributed by atoms with Gasteiger partial charge in [0.2, 0.25) is 0 Å². The molecular weight excluding hydrogens is 296 g/mol. The number of nitrogens with one attached hydrogen (secondary N) is 2. The molecule has 0 spiro atoms. The number of hydrogen-bond donors (Lipinski definition) is 2. The zero-order valence-electron chi connectivity index (χ0n) is 14.6. The molecule has 0 radical (unpaired) electrons. The van der Waals surface area contributed by atoms with Crippen molar-refractivity contribution < 1.29 is 19.0 Å². The van der Waals surface area contributed by atoms with Crippen LogP contribution in [0.5, 0.6) is 11.5 Å². The Morgan fingerprint density at radius 1 is 1.09 bits per heavy atom. The third-order valence-electron chi connectivity index (χ3n) is 3.10. The summed E-state index contributed by atoms with van der Waals surface area (Å²) in [7, 11) is 3.17. The van der Waals surface area contributed by atoms with Crippen molar-refractivity contribution in [2.75, 3.05) is 27.4 Å². The van der Waals surface area contributed by atoms with Gasteiger partial charge in [-0.3, -0.25) is 0 Å². The summed E-state index contributed by atoms with van der Waals surface area (Å²) in [4.78, 5) is 11.9. The molecule has 1 aromatic carbocycles. The van der Waals surface area contributed by atoms with Crippen LogP contribution in [0.15, 0.2) is 18.2 Å². The largest absolute Gasteiger partial charge is 0.493 e. The fraction of sp³-hybridized carbons (Fsp3) is 0.588. The van der Waals surface area contributed by atoms with Crippen molar-refractivity contribution in [3.8, 4) is 11.5 Å². The summed E-state index contributed by atoms with van der Waals surface area (Å²) in [5.41, 5.74) is 0.932. The molecule has 0 aliphatic rings. The summed E-state index contributed by atoms with van der Waals surface area (Å²) < 4.78 is 15.9. The van der Waals surface area contributed by atoms with Gasteiger partial charge in [-0.2, -0.15) is 0 Å². The quantitative estimate of drug-likeness (QED) is 0.732. The summed E-state index contributed by atoms with van der Waals surface area (Å²) in [6.07, 6.45) is 0. The summed E-state index contributed by atoms with van der Waals surface area (Å²) in [6.45, 7) is 7.70. The number of urea groups is 1. The molecule has 6 nitrogen and oxygen atoms in total. The Morgan fingerprint density at radius 2 is 1.78 bits per heavy atom. The molecule has 1 rings (SSSR count). The first kappa shape index (κ1) is 19.1. The van der Waals surface area contributed by atoms with E-state index in [-0.39, 0.29) is 12.1 Å². The van der Waals surface area contributed by atoms with Crippen LogP contribution < -0.4 is 20.1 Å². The van der Waals surface area contributed by atoms with Crippen molar-refractivity contribution in [1.82, 2.24) is 10.6 Å². The second kappa shape index (κ2) is 9.94.